The molecule has 1 rings (SSSR count). The van der Waals surface area contributed by atoms with Gasteiger partial charge in [-0.25, -0.2) is 9.59 Å². The van der Waals surface area contributed by atoms with Gasteiger partial charge in [0.1, 0.15) is 0 Å². The number of rotatable bonds is 1. The SMILES string of the molecule is CC(C)(C)c1ccc(C(=O)O)cc1.NC(=O)O. The van der Waals surface area contributed by atoms with Crippen molar-refractivity contribution in [1.29, 1.82) is 0 Å². The number of carboxylic acid groups (broad SMARTS) is 2. The summed E-state index contributed by atoms with van der Waals surface area (Å²) >= 11 is 0. The largest absolute Gasteiger partial charge is 0.478 e. The van der Waals surface area contributed by atoms with Gasteiger partial charge in [-0.3, -0.25) is 0 Å². The van der Waals surface area contributed by atoms with E-state index >= 15 is 0 Å². The second kappa shape index (κ2) is 5.89. The van der Waals surface area contributed by atoms with Crippen LogP contribution in [0.3, 0.4) is 0 Å². The molecule has 0 bridgehead atoms. The van der Waals surface area contributed by atoms with E-state index in [9.17, 15) is 4.79 Å². The zero-order valence-electron chi connectivity index (χ0n) is 10.1. The van der Waals surface area contributed by atoms with Crippen molar-refractivity contribution in [2.24, 2.45) is 5.73 Å². The Morgan fingerprint density at radius 1 is 1.06 bits per heavy atom. The van der Waals surface area contributed by atoms with E-state index in [1.165, 1.54) is 0 Å². The topological polar surface area (TPSA) is 101 Å². The minimum Gasteiger partial charge on any atom is -0.478 e. The highest BCUT2D eigenvalue weighted by atomic mass is 16.4. The Balaban J connectivity index is 0.000000557. The smallest absolute Gasteiger partial charge is 0.402 e. The average molecular weight is 239 g/mol. The van der Waals surface area contributed by atoms with Crippen LogP contribution >= 0.6 is 0 Å². The lowest BCUT2D eigenvalue weighted by atomic mass is 9.87. The van der Waals surface area contributed by atoms with E-state index in [0.29, 0.717) is 5.56 Å². The van der Waals surface area contributed by atoms with Crippen LogP contribution in [0.1, 0.15) is 36.7 Å². The molecule has 0 fully saturated rings. The fourth-order valence-corrected chi connectivity index (χ4v) is 1.11. The standard InChI is InChI=1S/C11H14O2.CH3NO2/c1-11(2,3)9-6-4-8(5-7-9)10(12)13;2-1(3)4/h4-7H,1-3H3,(H,12,13);2H2,(H,3,4). The number of carbonyl (C=O) groups is 2. The summed E-state index contributed by atoms with van der Waals surface area (Å²) in [5.41, 5.74) is 5.60. The van der Waals surface area contributed by atoms with Gasteiger partial charge in [-0.15, -0.1) is 0 Å². The molecule has 0 saturated carbocycles. The second-order valence-electron chi connectivity index (χ2n) is 4.47. The van der Waals surface area contributed by atoms with Crippen LogP contribution in [0.4, 0.5) is 4.79 Å². The molecule has 4 N–H and O–H groups in total. The van der Waals surface area contributed by atoms with Crippen LogP contribution in [0.2, 0.25) is 0 Å². The lowest BCUT2D eigenvalue weighted by molar-refractivity contribution is 0.0696. The summed E-state index contributed by atoms with van der Waals surface area (Å²) in [6.45, 7) is 6.30. The molecule has 0 atom stereocenters. The molecule has 0 heterocycles. The van der Waals surface area contributed by atoms with Crippen LogP contribution in [0.25, 0.3) is 0 Å². The van der Waals surface area contributed by atoms with Gasteiger partial charge in [0.25, 0.3) is 0 Å². The number of hydrogen-bond acceptors (Lipinski definition) is 2. The minimum absolute atomic E-state index is 0.0804. The molecule has 0 spiro atoms. The van der Waals surface area contributed by atoms with E-state index in [4.69, 9.17) is 15.0 Å². The number of carboxylic acids is 1. The molecule has 5 nitrogen and oxygen atoms in total. The molecule has 0 aliphatic carbocycles. The van der Waals surface area contributed by atoms with Gasteiger partial charge in [0.05, 0.1) is 5.56 Å². The number of aromatic carboxylic acids is 1. The maximum atomic E-state index is 10.6. The lowest BCUT2D eigenvalue weighted by Crippen LogP contribution is -2.11. The highest BCUT2D eigenvalue weighted by Gasteiger charge is 2.13. The molecular weight excluding hydrogens is 222 g/mol. The van der Waals surface area contributed by atoms with Gasteiger partial charge in [-0.1, -0.05) is 32.9 Å². The Morgan fingerprint density at radius 3 is 1.65 bits per heavy atom. The van der Waals surface area contributed by atoms with E-state index < -0.39 is 12.1 Å². The van der Waals surface area contributed by atoms with Crippen LogP contribution in [0.5, 0.6) is 0 Å². The van der Waals surface area contributed by atoms with E-state index in [-0.39, 0.29) is 5.41 Å². The number of hydrogen-bond donors (Lipinski definition) is 3. The van der Waals surface area contributed by atoms with E-state index in [0.717, 1.165) is 5.56 Å². The highest BCUT2D eigenvalue weighted by Crippen LogP contribution is 2.21. The molecule has 0 aliphatic rings. The molecule has 1 aromatic carbocycles. The Kier molecular flexibility index (Phi) is 5.18. The van der Waals surface area contributed by atoms with Gasteiger partial charge in [-0.2, -0.15) is 0 Å². The molecule has 0 radical (unpaired) electrons. The minimum atomic E-state index is -1.33. The fraction of sp³-hybridized carbons (Fsp3) is 0.333. The van der Waals surface area contributed by atoms with Crippen molar-refractivity contribution in [3.63, 3.8) is 0 Å². The number of nitrogens with two attached hydrogens (primary N) is 1. The fourth-order valence-electron chi connectivity index (χ4n) is 1.11. The molecule has 1 amide bonds. The van der Waals surface area contributed by atoms with Crippen molar-refractivity contribution in [2.75, 3.05) is 0 Å². The van der Waals surface area contributed by atoms with Crippen molar-refractivity contribution in [3.05, 3.63) is 35.4 Å². The van der Waals surface area contributed by atoms with Crippen molar-refractivity contribution < 1.29 is 19.8 Å². The van der Waals surface area contributed by atoms with Gasteiger partial charge in [-0.05, 0) is 23.1 Å². The maximum Gasteiger partial charge on any atom is 0.402 e. The molecule has 0 saturated heterocycles. The van der Waals surface area contributed by atoms with Gasteiger partial charge in [0.15, 0.2) is 0 Å². The first-order chi connectivity index (χ1) is 7.64. The summed E-state index contributed by atoms with van der Waals surface area (Å²) in [6, 6.07) is 7.01. The van der Waals surface area contributed by atoms with Crippen LogP contribution < -0.4 is 5.73 Å². The van der Waals surface area contributed by atoms with E-state index in [2.05, 4.69) is 26.5 Å². The molecule has 0 aliphatic heterocycles. The molecule has 0 unspecified atom stereocenters. The average Bonchev–Trinajstić information content (AvgIpc) is 2.15. The zero-order chi connectivity index (χ0) is 13.6. The highest BCUT2D eigenvalue weighted by molar-refractivity contribution is 5.87. The molecule has 0 aromatic heterocycles. The quantitative estimate of drug-likeness (QED) is 0.699. The Hall–Kier alpha value is -2.04. The predicted molar refractivity (Wildman–Crippen MR) is 64.3 cm³/mol. The summed E-state index contributed by atoms with van der Waals surface area (Å²) in [5.74, 6) is -0.875. The summed E-state index contributed by atoms with van der Waals surface area (Å²) in [7, 11) is 0. The van der Waals surface area contributed by atoms with Gasteiger partial charge >= 0.3 is 12.1 Å². The van der Waals surface area contributed by atoms with Crippen molar-refractivity contribution in [1.82, 2.24) is 0 Å². The Bertz CT molecular complexity index is 386. The van der Waals surface area contributed by atoms with E-state index in [1.807, 2.05) is 12.1 Å². The first kappa shape index (κ1) is 15.0. The van der Waals surface area contributed by atoms with Crippen LogP contribution in [0.15, 0.2) is 24.3 Å². The summed E-state index contributed by atoms with van der Waals surface area (Å²) in [4.78, 5) is 19.3. The molecular formula is C12H17NO4. The third-order valence-corrected chi connectivity index (χ3v) is 2.00. The lowest BCUT2D eigenvalue weighted by Gasteiger charge is -2.18. The first-order valence-electron chi connectivity index (χ1n) is 4.97. The third kappa shape index (κ3) is 6.19. The molecule has 1 aromatic rings. The summed E-state index contributed by atoms with van der Waals surface area (Å²) in [6.07, 6.45) is -1.33. The van der Waals surface area contributed by atoms with Crippen LogP contribution in [-0.2, 0) is 5.41 Å². The number of amides is 1. The Morgan fingerprint density at radius 2 is 1.41 bits per heavy atom. The summed E-state index contributed by atoms with van der Waals surface area (Å²) in [5, 5.41) is 15.9. The monoisotopic (exact) mass is 239 g/mol. The van der Waals surface area contributed by atoms with Gasteiger partial charge in [0, 0.05) is 0 Å². The number of benzene rings is 1. The zero-order valence-corrected chi connectivity index (χ0v) is 10.1. The molecule has 5 heteroatoms. The predicted octanol–water partition coefficient (Wildman–Crippen LogP) is 2.31. The Labute approximate surface area is 99.9 Å². The van der Waals surface area contributed by atoms with Gasteiger partial charge in [0.2, 0.25) is 0 Å². The first-order valence-corrected chi connectivity index (χ1v) is 4.97. The maximum absolute atomic E-state index is 10.6. The normalized spacial score (nSPS) is 10.1. The van der Waals surface area contributed by atoms with Crippen molar-refractivity contribution in [2.45, 2.75) is 26.2 Å². The second-order valence-corrected chi connectivity index (χ2v) is 4.47. The molecule has 17 heavy (non-hydrogen) atoms. The van der Waals surface area contributed by atoms with Gasteiger partial charge < -0.3 is 15.9 Å². The summed E-state index contributed by atoms with van der Waals surface area (Å²) < 4.78 is 0. The van der Waals surface area contributed by atoms with E-state index in [1.54, 1.807) is 12.1 Å². The van der Waals surface area contributed by atoms with Crippen LogP contribution in [-0.4, -0.2) is 22.3 Å². The van der Waals surface area contributed by atoms with Crippen LogP contribution in [0, 0.1) is 0 Å². The third-order valence-electron chi connectivity index (χ3n) is 2.00. The van der Waals surface area contributed by atoms with Crippen molar-refractivity contribution in [3.8, 4) is 0 Å². The van der Waals surface area contributed by atoms with Crippen molar-refractivity contribution >= 4 is 12.1 Å². The molecule has 94 valence electrons. The number of primary amides is 1.